The summed E-state index contributed by atoms with van der Waals surface area (Å²) in [4.78, 5) is 11.8. The molecule has 1 amide bonds. The molecular formula is C14H19ClN2O. The van der Waals surface area contributed by atoms with E-state index in [1.54, 1.807) is 12.1 Å². The zero-order valence-corrected chi connectivity index (χ0v) is 11.4. The van der Waals surface area contributed by atoms with Crippen LogP contribution in [0.3, 0.4) is 0 Å². The summed E-state index contributed by atoms with van der Waals surface area (Å²) in [6.07, 6.45) is 4.69. The first-order chi connectivity index (χ1) is 8.63. The lowest BCUT2D eigenvalue weighted by Crippen LogP contribution is -2.52. The van der Waals surface area contributed by atoms with Gasteiger partial charge in [0, 0.05) is 16.2 Å². The number of carbonyl (C=O) groups is 1. The Morgan fingerprint density at radius 3 is 2.78 bits per heavy atom. The Kier molecular flexibility index (Phi) is 4.25. The average molecular weight is 267 g/mol. The largest absolute Gasteiger partial charge is 0.325 e. The zero-order chi connectivity index (χ0) is 13.0. The SMILES string of the molecule is CCC1(NCC(=O)Nc2cccc(Cl)c2)CCC1. The van der Waals surface area contributed by atoms with Gasteiger partial charge in [-0.1, -0.05) is 24.6 Å². The second kappa shape index (κ2) is 5.72. The molecule has 0 saturated heterocycles. The predicted octanol–water partition coefficient (Wildman–Crippen LogP) is 3.20. The van der Waals surface area contributed by atoms with E-state index in [0.29, 0.717) is 11.6 Å². The van der Waals surface area contributed by atoms with E-state index in [4.69, 9.17) is 11.6 Å². The van der Waals surface area contributed by atoms with Gasteiger partial charge in [-0.25, -0.2) is 0 Å². The fraction of sp³-hybridized carbons (Fsp3) is 0.500. The van der Waals surface area contributed by atoms with Crippen molar-refractivity contribution >= 4 is 23.2 Å². The van der Waals surface area contributed by atoms with Gasteiger partial charge in [-0.15, -0.1) is 0 Å². The number of nitrogens with one attached hydrogen (secondary N) is 2. The highest BCUT2D eigenvalue weighted by atomic mass is 35.5. The minimum Gasteiger partial charge on any atom is -0.325 e. The van der Waals surface area contributed by atoms with E-state index in [1.165, 1.54) is 19.3 Å². The molecule has 0 aliphatic heterocycles. The maximum absolute atomic E-state index is 11.8. The summed E-state index contributed by atoms with van der Waals surface area (Å²) in [7, 11) is 0. The van der Waals surface area contributed by atoms with Crippen LogP contribution in [0.15, 0.2) is 24.3 Å². The molecule has 0 spiro atoms. The molecule has 1 saturated carbocycles. The zero-order valence-electron chi connectivity index (χ0n) is 10.6. The smallest absolute Gasteiger partial charge is 0.238 e. The van der Waals surface area contributed by atoms with E-state index in [-0.39, 0.29) is 11.4 Å². The summed E-state index contributed by atoms with van der Waals surface area (Å²) in [6.45, 7) is 2.53. The van der Waals surface area contributed by atoms with Crippen LogP contribution in [0, 0.1) is 0 Å². The third kappa shape index (κ3) is 3.24. The minimum absolute atomic E-state index is 0.0167. The standard InChI is InChI=1S/C14H19ClN2O/c1-2-14(7-4-8-14)16-10-13(18)17-12-6-3-5-11(15)9-12/h3,5-6,9,16H,2,4,7-8,10H2,1H3,(H,17,18). The van der Waals surface area contributed by atoms with Gasteiger partial charge in [-0.05, 0) is 43.9 Å². The number of hydrogen-bond donors (Lipinski definition) is 2. The molecule has 2 rings (SSSR count). The predicted molar refractivity (Wildman–Crippen MR) is 75.0 cm³/mol. The van der Waals surface area contributed by atoms with E-state index in [9.17, 15) is 4.79 Å². The van der Waals surface area contributed by atoms with Crippen LogP contribution < -0.4 is 10.6 Å². The van der Waals surface area contributed by atoms with Crippen molar-refractivity contribution in [3.8, 4) is 0 Å². The molecule has 0 bridgehead atoms. The van der Waals surface area contributed by atoms with Crippen LogP contribution in [0.2, 0.25) is 5.02 Å². The van der Waals surface area contributed by atoms with Gasteiger partial charge in [0.25, 0.3) is 0 Å². The van der Waals surface area contributed by atoms with Crippen molar-refractivity contribution in [3.05, 3.63) is 29.3 Å². The molecule has 1 aliphatic rings. The molecular weight excluding hydrogens is 248 g/mol. The van der Waals surface area contributed by atoms with Gasteiger partial charge in [0.15, 0.2) is 0 Å². The fourth-order valence-electron chi connectivity index (χ4n) is 2.30. The summed E-state index contributed by atoms with van der Waals surface area (Å²) in [6, 6.07) is 7.20. The second-order valence-corrected chi connectivity index (χ2v) is 5.34. The van der Waals surface area contributed by atoms with Crippen molar-refractivity contribution in [1.29, 1.82) is 0 Å². The van der Waals surface area contributed by atoms with E-state index in [2.05, 4.69) is 17.6 Å². The summed E-state index contributed by atoms with van der Waals surface area (Å²) in [5.74, 6) is -0.0167. The Morgan fingerprint density at radius 1 is 1.44 bits per heavy atom. The Balaban J connectivity index is 1.82. The van der Waals surface area contributed by atoms with Crippen LogP contribution in [0.5, 0.6) is 0 Å². The van der Waals surface area contributed by atoms with Crippen LogP contribution in [0.25, 0.3) is 0 Å². The molecule has 2 N–H and O–H groups in total. The Hall–Kier alpha value is -1.06. The Labute approximate surface area is 113 Å². The highest BCUT2D eigenvalue weighted by Crippen LogP contribution is 2.34. The molecule has 1 aromatic rings. The van der Waals surface area contributed by atoms with Crippen molar-refractivity contribution < 1.29 is 4.79 Å². The molecule has 4 heteroatoms. The normalized spacial score (nSPS) is 17.0. The lowest BCUT2D eigenvalue weighted by atomic mass is 9.75. The second-order valence-electron chi connectivity index (χ2n) is 4.90. The lowest BCUT2D eigenvalue weighted by molar-refractivity contribution is -0.116. The molecule has 0 aromatic heterocycles. The first kappa shape index (κ1) is 13.4. The topological polar surface area (TPSA) is 41.1 Å². The van der Waals surface area contributed by atoms with Crippen molar-refractivity contribution in [2.24, 2.45) is 0 Å². The average Bonchev–Trinajstić information content (AvgIpc) is 2.28. The van der Waals surface area contributed by atoms with Crippen LogP contribution in [0.1, 0.15) is 32.6 Å². The quantitative estimate of drug-likeness (QED) is 0.859. The summed E-state index contributed by atoms with van der Waals surface area (Å²) in [5, 5.41) is 6.84. The third-order valence-electron chi connectivity index (χ3n) is 3.72. The summed E-state index contributed by atoms with van der Waals surface area (Å²) in [5.41, 5.74) is 0.944. The van der Waals surface area contributed by atoms with Crippen molar-refractivity contribution in [1.82, 2.24) is 5.32 Å². The maximum atomic E-state index is 11.8. The van der Waals surface area contributed by atoms with Crippen LogP contribution >= 0.6 is 11.6 Å². The highest BCUT2D eigenvalue weighted by Gasteiger charge is 2.34. The van der Waals surface area contributed by atoms with Crippen LogP contribution in [0.4, 0.5) is 5.69 Å². The monoisotopic (exact) mass is 266 g/mol. The van der Waals surface area contributed by atoms with Gasteiger partial charge in [-0.2, -0.15) is 0 Å². The van der Waals surface area contributed by atoms with Gasteiger partial charge in [0.2, 0.25) is 5.91 Å². The molecule has 98 valence electrons. The number of benzene rings is 1. The lowest BCUT2D eigenvalue weighted by Gasteiger charge is -2.42. The Morgan fingerprint density at radius 2 is 2.22 bits per heavy atom. The van der Waals surface area contributed by atoms with Gasteiger partial charge < -0.3 is 10.6 Å². The van der Waals surface area contributed by atoms with Crippen molar-refractivity contribution in [2.45, 2.75) is 38.1 Å². The first-order valence-corrected chi connectivity index (χ1v) is 6.82. The molecule has 0 unspecified atom stereocenters. The highest BCUT2D eigenvalue weighted by molar-refractivity contribution is 6.30. The molecule has 1 fully saturated rings. The molecule has 1 aromatic carbocycles. The van der Waals surface area contributed by atoms with E-state index >= 15 is 0 Å². The number of rotatable bonds is 5. The summed E-state index contributed by atoms with van der Waals surface area (Å²) < 4.78 is 0. The number of amides is 1. The third-order valence-corrected chi connectivity index (χ3v) is 3.95. The molecule has 3 nitrogen and oxygen atoms in total. The van der Waals surface area contributed by atoms with Gasteiger partial charge in [-0.3, -0.25) is 4.79 Å². The maximum Gasteiger partial charge on any atom is 0.238 e. The molecule has 0 heterocycles. The minimum atomic E-state index is -0.0167. The number of halogens is 1. The molecule has 1 aliphatic carbocycles. The van der Waals surface area contributed by atoms with E-state index in [0.717, 1.165) is 12.1 Å². The number of hydrogen-bond acceptors (Lipinski definition) is 2. The molecule has 0 atom stereocenters. The first-order valence-electron chi connectivity index (χ1n) is 6.44. The van der Waals surface area contributed by atoms with Gasteiger partial charge in [0.1, 0.15) is 0 Å². The van der Waals surface area contributed by atoms with E-state index in [1.807, 2.05) is 12.1 Å². The van der Waals surface area contributed by atoms with Gasteiger partial charge >= 0.3 is 0 Å². The van der Waals surface area contributed by atoms with Crippen LogP contribution in [-0.2, 0) is 4.79 Å². The Bertz CT molecular complexity index is 424. The number of anilines is 1. The summed E-state index contributed by atoms with van der Waals surface area (Å²) >= 11 is 5.87. The molecule has 0 radical (unpaired) electrons. The van der Waals surface area contributed by atoms with Crippen molar-refractivity contribution in [3.63, 3.8) is 0 Å². The fourth-order valence-corrected chi connectivity index (χ4v) is 2.49. The van der Waals surface area contributed by atoms with Gasteiger partial charge in [0.05, 0.1) is 6.54 Å². The van der Waals surface area contributed by atoms with Crippen molar-refractivity contribution in [2.75, 3.05) is 11.9 Å². The number of carbonyl (C=O) groups excluding carboxylic acids is 1. The van der Waals surface area contributed by atoms with E-state index < -0.39 is 0 Å². The van der Waals surface area contributed by atoms with Crippen LogP contribution in [-0.4, -0.2) is 18.0 Å². The molecule has 18 heavy (non-hydrogen) atoms.